The van der Waals surface area contributed by atoms with E-state index in [1.54, 1.807) is 0 Å². The number of hydrogen-bond donors (Lipinski definition) is 1. The number of hydrogen-bond acceptors (Lipinski definition) is 3. The van der Waals surface area contributed by atoms with Crippen LogP contribution in [0.1, 0.15) is 32.4 Å². The van der Waals surface area contributed by atoms with E-state index in [4.69, 9.17) is 5.73 Å². The van der Waals surface area contributed by atoms with Gasteiger partial charge >= 0.3 is 0 Å². The molecule has 2 N–H and O–H groups in total. The summed E-state index contributed by atoms with van der Waals surface area (Å²) in [6.07, 6.45) is 6.29. The van der Waals surface area contributed by atoms with Crippen LogP contribution in [0.15, 0.2) is 12.5 Å². The summed E-state index contributed by atoms with van der Waals surface area (Å²) in [5.41, 5.74) is 7.44. The Kier molecular flexibility index (Phi) is 4.18. The normalized spacial score (nSPS) is 26.3. The third kappa shape index (κ3) is 3.07. The van der Waals surface area contributed by atoms with E-state index in [0.717, 1.165) is 32.6 Å². The van der Waals surface area contributed by atoms with E-state index in [1.807, 2.05) is 12.5 Å². The van der Waals surface area contributed by atoms with Crippen LogP contribution in [0.3, 0.4) is 0 Å². The first-order valence-electron chi connectivity index (χ1n) is 6.67. The van der Waals surface area contributed by atoms with Crippen LogP contribution in [0.4, 0.5) is 0 Å². The van der Waals surface area contributed by atoms with Gasteiger partial charge < -0.3 is 10.3 Å². The molecule has 1 aromatic heterocycles. The van der Waals surface area contributed by atoms with Crippen LogP contribution in [0.5, 0.6) is 0 Å². The van der Waals surface area contributed by atoms with Crippen molar-refractivity contribution >= 4 is 0 Å². The number of piperidine rings is 1. The van der Waals surface area contributed by atoms with Crippen LogP contribution in [0.25, 0.3) is 0 Å². The Morgan fingerprint density at radius 3 is 3.06 bits per heavy atom. The Labute approximate surface area is 104 Å². The molecule has 1 saturated heterocycles. The molecule has 2 atom stereocenters. The second-order valence-electron chi connectivity index (χ2n) is 5.24. The zero-order valence-electron chi connectivity index (χ0n) is 11.0. The highest BCUT2D eigenvalue weighted by molar-refractivity contribution is 4.99. The van der Waals surface area contributed by atoms with Gasteiger partial charge in [0.25, 0.3) is 0 Å². The molecule has 4 heteroatoms. The first-order valence-corrected chi connectivity index (χ1v) is 6.67. The van der Waals surface area contributed by atoms with Gasteiger partial charge in [0.2, 0.25) is 0 Å². The third-order valence-electron chi connectivity index (χ3n) is 3.75. The number of nitrogens with two attached hydrogens (primary N) is 1. The van der Waals surface area contributed by atoms with Gasteiger partial charge in [-0.05, 0) is 25.3 Å². The van der Waals surface area contributed by atoms with E-state index in [9.17, 15) is 0 Å². The van der Waals surface area contributed by atoms with Crippen molar-refractivity contribution in [3.05, 3.63) is 18.2 Å². The monoisotopic (exact) mass is 236 g/mol. The number of likely N-dealkylation sites (tertiary alicyclic amines) is 1. The van der Waals surface area contributed by atoms with E-state index < -0.39 is 0 Å². The Balaban J connectivity index is 1.94. The molecule has 0 bridgehead atoms. The Hall–Kier alpha value is -0.870. The quantitative estimate of drug-likeness (QED) is 0.861. The molecule has 2 unspecified atom stereocenters. The molecule has 0 spiro atoms. The van der Waals surface area contributed by atoms with Gasteiger partial charge in [-0.15, -0.1) is 0 Å². The van der Waals surface area contributed by atoms with Gasteiger partial charge in [-0.1, -0.05) is 13.8 Å². The molecule has 0 saturated carbocycles. The minimum absolute atomic E-state index is 0.325. The van der Waals surface area contributed by atoms with Crippen LogP contribution < -0.4 is 5.73 Å². The van der Waals surface area contributed by atoms with E-state index >= 15 is 0 Å². The summed E-state index contributed by atoms with van der Waals surface area (Å²) in [7, 11) is 0. The van der Waals surface area contributed by atoms with Crippen molar-refractivity contribution in [1.29, 1.82) is 0 Å². The van der Waals surface area contributed by atoms with Gasteiger partial charge in [0, 0.05) is 31.9 Å². The van der Waals surface area contributed by atoms with Crippen molar-refractivity contribution < 1.29 is 0 Å². The van der Waals surface area contributed by atoms with Crippen molar-refractivity contribution in [2.75, 3.05) is 13.1 Å². The fourth-order valence-electron chi connectivity index (χ4n) is 2.46. The first-order chi connectivity index (χ1) is 8.20. The fourth-order valence-corrected chi connectivity index (χ4v) is 2.46. The van der Waals surface area contributed by atoms with Crippen molar-refractivity contribution in [2.45, 2.75) is 45.8 Å². The van der Waals surface area contributed by atoms with Crippen molar-refractivity contribution in [3.63, 3.8) is 0 Å². The minimum atomic E-state index is 0.325. The second-order valence-corrected chi connectivity index (χ2v) is 5.24. The van der Waals surface area contributed by atoms with Gasteiger partial charge in [0.1, 0.15) is 0 Å². The van der Waals surface area contributed by atoms with Crippen LogP contribution in [0, 0.1) is 5.92 Å². The van der Waals surface area contributed by atoms with Gasteiger partial charge in [-0.3, -0.25) is 4.90 Å². The first kappa shape index (κ1) is 12.6. The maximum absolute atomic E-state index is 6.13. The summed E-state index contributed by atoms with van der Waals surface area (Å²) in [4.78, 5) is 6.70. The number of nitrogens with zero attached hydrogens (tertiary/aromatic N) is 3. The summed E-state index contributed by atoms with van der Waals surface area (Å²) >= 11 is 0. The number of aryl methyl sites for hydroxylation is 1. The van der Waals surface area contributed by atoms with Crippen molar-refractivity contribution in [3.8, 4) is 0 Å². The molecule has 4 nitrogen and oxygen atoms in total. The van der Waals surface area contributed by atoms with Crippen molar-refractivity contribution in [1.82, 2.24) is 14.5 Å². The molecule has 0 aliphatic carbocycles. The summed E-state index contributed by atoms with van der Waals surface area (Å²) in [5.74, 6) is 0.659. The summed E-state index contributed by atoms with van der Waals surface area (Å²) in [5, 5.41) is 0. The van der Waals surface area contributed by atoms with E-state index in [0.29, 0.717) is 12.0 Å². The lowest BCUT2D eigenvalue weighted by atomic mass is 9.94. The molecule has 2 rings (SSSR count). The Bertz CT molecular complexity index is 347. The molecule has 1 fully saturated rings. The lowest BCUT2D eigenvalue weighted by molar-refractivity contribution is 0.159. The van der Waals surface area contributed by atoms with E-state index in [1.165, 1.54) is 12.1 Å². The van der Waals surface area contributed by atoms with Crippen LogP contribution in [-0.4, -0.2) is 33.6 Å². The van der Waals surface area contributed by atoms with Gasteiger partial charge in [0.05, 0.1) is 12.0 Å². The van der Waals surface area contributed by atoms with E-state index in [-0.39, 0.29) is 0 Å². The molecule has 1 aromatic rings. The Morgan fingerprint density at radius 2 is 2.35 bits per heavy atom. The maximum Gasteiger partial charge on any atom is 0.0948 e. The van der Waals surface area contributed by atoms with Crippen LogP contribution in [0.2, 0.25) is 0 Å². The zero-order chi connectivity index (χ0) is 12.3. The van der Waals surface area contributed by atoms with E-state index in [2.05, 4.69) is 28.3 Å². The third-order valence-corrected chi connectivity index (χ3v) is 3.75. The van der Waals surface area contributed by atoms with Crippen LogP contribution >= 0.6 is 0 Å². The van der Waals surface area contributed by atoms with Crippen molar-refractivity contribution in [2.24, 2.45) is 11.7 Å². The SMILES string of the molecule is CCCn1cncc1CN1CCC(C)C(N)C1. The molecule has 0 aromatic carbocycles. The lowest BCUT2D eigenvalue weighted by Crippen LogP contribution is -2.47. The standard InChI is InChI=1S/C13H24N4/c1-3-5-17-10-15-7-12(17)8-16-6-4-11(2)13(14)9-16/h7,10-11,13H,3-6,8-9,14H2,1-2H3. The molecule has 1 aliphatic heterocycles. The average Bonchev–Trinajstić information content (AvgIpc) is 2.72. The molecule has 96 valence electrons. The molecule has 0 radical (unpaired) electrons. The highest BCUT2D eigenvalue weighted by Gasteiger charge is 2.23. The number of imidazole rings is 1. The van der Waals surface area contributed by atoms with Crippen LogP contribution in [-0.2, 0) is 13.1 Å². The lowest BCUT2D eigenvalue weighted by Gasteiger charge is -2.35. The molecule has 17 heavy (non-hydrogen) atoms. The predicted molar refractivity (Wildman–Crippen MR) is 69.6 cm³/mol. The maximum atomic E-state index is 6.13. The highest BCUT2D eigenvalue weighted by Crippen LogP contribution is 2.17. The molecular weight excluding hydrogens is 212 g/mol. The molecular formula is C13H24N4. The molecule has 2 heterocycles. The highest BCUT2D eigenvalue weighted by atomic mass is 15.2. The largest absolute Gasteiger partial charge is 0.333 e. The predicted octanol–water partition coefficient (Wildman–Crippen LogP) is 1.46. The van der Waals surface area contributed by atoms with Gasteiger partial charge in [-0.25, -0.2) is 4.98 Å². The molecule has 0 amide bonds. The zero-order valence-corrected chi connectivity index (χ0v) is 11.0. The topological polar surface area (TPSA) is 47.1 Å². The average molecular weight is 236 g/mol. The number of aromatic nitrogens is 2. The molecule has 1 aliphatic rings. The number of rotatable bonds is 4. The minimum Gasteiger partial charge on any atom is -0.333 e. The summed E-state index contributed by atoms with van der Waals surface area (Å²) in [6, 6.07) is 0.325. The van der Waals surface area contributed by atoms with Gasteiger partial charge in [0.15, 0.2) is 0 Å². The summed E-state index contributed by atoms with van der Waals surface area (Å²) < 4.78 is 2.25. The second kappa shape index (κ2) is 5.65. The summed E-state index contributed by atoms with van der Waals surface area (Å²) in [6.45, 7) is 8.67. The van der Waals surface area contributed by atoms with Gasteiger partial charge in [-0.2, -0.15) is 0 Å². The Morgan fingerprint density at radius 1 is 1.53 bits per heavy atom. The smallest absolute Gasteiger partial charge is 0.0948 e. The fraction of sp³-hybridized carbons (Fsp3) is 0.769.